The highest BCUT2D eigenvalue weighted by atomic mass is 16.5. The summed E-state index contributed by atoms with van der Waals surface area (Å²) in [7, 11) is 1.99. The first-order valence-corrected chi connectivity index (χ1v) is 9.64. The van der Waals surface area contributed by atoms with Gasteiger partial charge in [-0.2, -0.15) is 0 Å². The van der Waals surface area contributed by atoms with Gasteiger partial charge in [0.2, 0.25) is 0 Å². The molecule has 6 nitrogen and oxygen atoms in total. The zero-order chi connectivity index (χ0) is 20.6. The maximum absolute atomic E-state index is 12.6. The largest absolute Gasteiger partial charge is 0.491 e. The SMILES string of the molecule is CC(C)Oc1ccc(NC(=O)c2cncc(N(C)CCc3ccncc3)c2)cc1. The molecule has 2 aromatic heterocycles. The second-order valence-corrected chi connectivity index (χ2v) is 7.10. The minimum atomic E-state index is -0.195. The second-order valence-electron chi connectivity index (χ2n) is 7.10. The van der Waals surface area contributed by atoms with Crippen molar-refractivity contribution in [1.82, 2.24) is 9.97 Å². The number of carbonyl (C=O) groups excluding carboxylic acids is 1. The summed E-state index contributed by atoms with van der Waals surface area (Å²) in [6, 6.07) is 13.2. The average Bonchev–Trinajstić information content (AvgIpc) is 2.74. The first-order chi connectivity index (χ1) is 14.0. The van der Waals surface area contributed by atoms with E-state index >= 15 is 0 Å². The number of nitrogens with one attached hydrogen (secondary N) is 1. The van der Waals surface area contributed by atoms with Crippen molar-refractivity contribution in [2.75, 3.05) is 23.8 Å². The van der Waals surface area contributed by atoms with Gasteiger partial charge in [-0.3, -0.25) is 14.8 Å². The Labute approximate surface area is 171 Å². The minimum Gasteiger partial charge on any atom is -0.491 e. The fraction of sp³-hybridized carbons (Fsp3) is 0.261. The van der Waals surface area contributed by atoms with Crippen LogP contribution in [0, 0.1) is 0 Å². The van der Waals surface area contributed by atoms with E-state index in [1.54, 1.807) is 24.8 Å². The standard InChI is InChI=1S/C23H26N4O2/c1-17(2)29-22-6-4-20(5-7-22)26-23(28)19-14-21(16-25-15-19)27(3)13-10-18-8-11-24-12-9-18/h4-9,11-12,14-17H,10,13H2,1-3H3,(H,26,28). The molecule has 0 saturated heterocycles. The van der Waals surface area contributed by atoms with Crippen LogP contribution in [-0.4, -0.2) is 35.6 Å². The molecule has 0 aliphatic rings. The summed E-state index contributed by atoms with van der Waals surface area (Å²) in [5.41, 5.74) is 3.34. The zero-order valence-electron chi connectivity index (χ0n) is 17.0. The van der Waals surface area contributed by atoms with Crippen molar-refractivity contribution < 1.29 is 9.53 Å². The molecule has 3 aromatic rings. The molecule has 0 saturated carbocycles. The Morgan fingerprint density at radius 3 is 2.48 bits per heavy atom. The molecule has 0 aliphatic carbocycles. The van der Waals surface area contributed by atoms with E-state index in [2.05, 4.69) is 20.2 Å². The summed E-state index contributed by atoms with van der Waals surface area (Å²) < 4.78 is 5.62. The van der Waals surface area contributed by atoms with Crippen LogP contribution in [0.2, 0.25) is 0 Å². The van der Waals surface area contributed by atoms with Gasteiger partial charge < -0.3 is 15.0 Å². The molecule has 0 unspecified atom stereocenters. The monoisotopic (exact) mass is 390 g/mol. The summed E-state index contributed by atoms with van der Waals surface area (Å²) >= 11 is 0. The number of pyridine rings is 2. The van der Waals surface area contributed by atoms with Crippen LogP contribution in [0.1, 0.15) is 29.8 Å². The van der Waals surface area contributed by atoms with Crippen LogP contribution in [0.3, 0.4) is 0 Å². The first-order valence-electron chi connectivity index (χ1n) is 9.64. The highest BCUT2D eigenvalue weighted by molar-refractivity contribution is 6.04. The lowest BCUT2D eigenvalue weighted by atomic mass is 10.2. The van der Waals surface area contributed by atoms with Crippen LogP contribution >= 0.6 is 0 Å². The Morgan fingerprint density at radius 2 is 1.79 bits per heavy atom. The Balaban J connectivity index is 1.61. The average molecular weight is 390 g/mol. The summed E-state index contributed by atoms with van der Waals surface area (Å²) in [6.07, 6.45) is 7.93. The van der Waals surface area contributed by atoms with Crippen molar-refractivity contribution in [3.05, 3.63) is 78.4 Å². The smallest absolute Gasteiger partial charge is 0.257 e. The Bertz CT molecular complexity index is 927. The molecular formula is C23H26N4O2. The van der Waals surface area contributed by atoms with Crippen molar-refractivity contribution in [3.8, 4) is 5.75 Å². The molecule has 0 bridgehead atoms. The van der Waals surface area contributed by atoms with Gasteiger partial charge in [-0.25, -0.2) is 0 Å². The number of nitrogens with zero attached hydrogens (tertiary/aromatic N) is 3. The van der Waals surface area contributed by atoms with Crippen LogP contribution in [0.5, 0.6) is 5.75 Å². The number of ether oxygens (including phenoxy) is 1. The molecule has 0 atom stereocenters. The predicted molar refractivity (Wildman–Crippen MR) is 116 cm³/mol. The van der Waals surface area contributed by atoms with E-state index in [1.807, 2.05) is 63.4 Å². The van der Waals surface area contributed by atoms with Gasteiger partial charge in [-0.15, -0.1) is 0 Å². The van der Waals surface area contributed by atoms with Gasteiger partial charge in [0.05, 0.1) is 23.6 Å². The lowest BCUT2D eigenvalue weighted by Gasteiger charge is -2.19. The van der Waals surface area contributed by atoms with E-state index in [1.165, 1.54) is 5.56 Å². The molecule has 1 N–H and O–H groups in total. The zero-order valence-corrected chi connectivity index (χ0v) is 17.0. The molecule has 1 amide bonds. The second kappa shape index (κ2) is 9.68. The summed E-state index contributed by atoms with van der Waals surface area (Å²) in [5, 5.41) is 2.90. The normalized spacial score (nSPS) is 10.6. The molecule has 0 fully saturated rings. The van der Waals surface area contributed by atoms with Crippen molar-refractivity contribution in [3.63, 3.8) is 0 Å². The van der Waals surface area contributed by atoms with Gasteiger partial charge in [0.15, 0.2) is 0 Å². The van der Waals surface area contributed by atoms with Crippen LogP contribution in [-0.2, 0) is 6.42 Å². The van der Waals surface area contributed by atoms with E-state index in [-0.39, 0.29) is 12.0 Å². The number of carbonyl (C=O) groups is 1. The van der Waals surface area contributed by atoms with Crippen molar-refractivity contribution >= 4 is 17.3 Å². The molecular weight excluding hydrogens is 364 g/mol. The molecule has 3 rings (SSSR count). The fourth-order valence-electron chi connectivity index (χ4n) is 2.83. The lowest BCUT2D eigenvalue weighted by molar-refractivity contribution is 0.102. The summed E-state index contributed by atoms with van der Waals surface area (Å²) in [4.78, 5) is 23.0. The van der Waals surface area contributed by atoms with Crippen molar-refractivity contribution in [1.29, 1.82) is 0 Å². The highest BCUT2D eigenvalue weighted by Gasteiger charge is 2.10. The number of anilines is 2. The number of likely N-dealkylation sites (N-methyl/N-ethyl adjacent to an activating group) is 1. The molecule has 2 heterocycles. The van der Waals surface area contributed by atoms with Gasteiger partial charge in [0.25, 0.3) is 5.91 Å². The molecule has 0 aliphatic heterocycles. The molecule has 0 radical (unpaired) electrons. The third kappa shape index (κ3) is 6.04. The molecule has 1 aromatic carbocycles. The van der Waals surface area contributed by atoms with E-state index in [9.17, 15) is 4.79 Å². The molecule has 6 heteroatoms. The lowest BCUT2D eigenvalue weighted by Crippen LogP contribution is -2.21. The van der Waals surface area contributed by atoms with Crippen LogP contribution in [0.4, 0.5) is 11.4 Å². The maximum Gasteiger partial charge on any atom is 0.257 e. The third-order valence-electron chi connectivity index (χ3n) is 4.40. The van der Waals surface area contributed by atoms with Crippen LogP contribution in [0.15, 0.2) is 67.3 Å². The number of amides is 1. The minimum absolute atomic E-state index is 0.111. The number of hydrogen-bond acceptors (Lipinski definition) is 5. The van der Waals surface area contributed by atoms with Gasteiger partial charge in [0.1, 0.15) is 5.75 Å². The quantitative estimate of drug-likeness (QED) is 0.624. The number of aromatic nitrogens is 2. The maximum atomic E-state index is 12.6. The number of benzene rings is 1. The molecule has 0 spiro atoms. The summed E-state index contributed by atoms with van der Waals surface area (Å²) in [5.74, 6) is 0.580. The summed E-state index contributed by atoms with van der Waals surface area (Å²) in [6.45, 7) is 4.77. The van der Waals surface area contributed by atoms with Crippen LogP contribution < -0.4 is 15.0 Å². The van der Waals surface area contributed by atoms with E-state index in [0.717, 1.165) is 24.4 Å². The van der Waals surface area contributed by atoms with E-state index in [4.69, 9.17) is 4.74 Å². The van der Waals surface area contributed by atoms with Crippen LogP contribution in [0.25, 0.3) is 0 Å². The first kappa shape index (κ1) is 20.3. The van der Waals surface area contributed by atoms with E-state index < -0.39 is 0 Å². The van der Waals surface area contributed by atoms with Gasteiger partial charge in [0, 0.05) is 37.9 Å². The third-order valence-corrected chi connectivity index (χ3v) is 4.40. The van der Waals surface area contributed by atoms with Crippen molar-refractivity contribution in [2.24, 2.45) is 0 Å². The van der Waals surface area contributed by atoms with Gasteiger partial charge in [-0.1, -0.05) is 0 Å². The Hall–Kier alpha value is -3.41. The highest BCUT2D eigenvalue weighted by Crippen LogP contribution is 2.19. The topological polar surface area (TPSA) is 67.3 Å². The molecule has 150 valence electrons. The van der Waals surface area contributed by atoms with Gasteiger partial charge >= 0.3 is 0 Å². The predicted octanol–water partition coefficient (Wildman–Crippen LogP) is 4.20. The van der Waals surface area contributed by atoms with E-state index in [0.29, 0.717) is 11.3 Å². The molecule has 29 heavy (non-hydrogen) atoms. The fourth-order valence-corrected chi connectivity index (χ4v) is 2.83. The Morgan fingerprint density at radius 1 is 1.07 bits per heavy atom. The Kier molecular flexibility index (Phi) is 6.79. The number of hydrogen-bond donors (Lipinski definition) is 1. The van der Waals surface area contributed by atoms with Crippen molar-refractivity contribution in [2.45, 2.75) is 26.4 Å². The van der Waals surface area contributed by atoms with Gasteiger partial charge in [-0.05, 0) is 68.3 Å². The number of rotatable bonds is 8.